The second-order valence-corrected chi connectivity index (χ2v) is 28.5. The smallest absolute Gasteiger partial charge is 0.258 e. The van der Waals surface area contributed by atoms with Crippen LogP contribution in [-0.4, -0.2) is 34.8 Å². The van der Waals surface area contributed by atoms with Crippen molar-refractivity contribution < 1.29 is 9.85 Å². The summed E-state index contributed by atoms with van der Waals surface area (Å²) >= 11 is 10.3. The lowest BCUT2D eigenvalue weighted by Gasteiger charge is -1.99. The molecule has 462 valence electrons. The van der Waals surface area contributed by atoms with Crippen molar-refractivity contribution in [1.29, 1.82) is 5.26 Å². The molecule has 0 fully saturated rings. The molecule has 0 N–H and O–H groups in total. The number of aromatic nitrogens is 5. The zero-order chi connectivity index (χ0) is 65.8. The van der Waals surface area contributed by atoms with Crippen molar-refractivity contribution >= 4 is 130 Å². The van der Waals surface area contributed by atoms with Crippen LogP contribution in [0.5, 0.6) is 0 Å². The largest absolute Gasteiger partial charge is 0.272 e. The summed E-state index contributed by atoms with van der Waals surface area (Å²) in [6.07, 6.45) is 0. The molecule has 0 atom stereocenters. The van der Waals surface area contributed by atoms with Crippen LogP contribution in [0.15, 0.2) is 175 Å². The quantitative estimate of drug-likeness (QED) is 0.110. The number of thiophene rings is 1. The van der Waals surface area contributed by atoms with Crippen molar-refractivity contribution in [2.45, 2.75) is 76.2 Å². The first-order valence-electron chi connectivity index (χ1n) is 29.7. The van der Waals surface area contributed by atoms with Crippen LogP contribution in [0.3, 0.4) is 0 Å². The van der Waals surface area contributed by atoms with Gasteiger partial charge in [-0.15, -0.1) is 68.0 Å². The average Bonchev–Trinajstić information content (AvgIpc) is 1.74. The third-order valence-electron chi connectivity index (χ3n) is 15.7. The Kier molecular flexibility index (Phi) is 19.6. The Morgan fingerprint density at radius 1 is 0.344 bits per heavy atom. The molecule has 9 aromatic carbocycles. The summed E-state index contributed by atoms with van der Waals surface area (Å²) in [5.74, 6) is 0. The number of nitriles is 1. The van der Waals surface area contributed by atoms with Crippen LogP contribution in [0.4, 0.5) is 11.4 Å². The van der Waals surface area contributed by atoms with Crippen LogP contribution in [0.1, 0.15) is 66.8 Å². The Labute approximate surface area is 562 Å². The highest BCUT2D eigenvalue weighted by molar-refractivity contribution is 7.25. The van der Waals surface area contributed by atoms with E-state index in [0.29, 0.717) is 11.1 Å². The second-order valence-electron chi connectivity index (χ2n) is 22.6. The fourth-order valence-electron chi connectivity index (χ4n) is 10.3. The average molecular weight is 1330 g/mol. The Hall–Kier alpha value is -9.58. The van der Waals surface area contributed by atoms with E-state index in [2.05, 4.69) is 169 Å². The molecule has 12 nitrogen and oxygen atoms in total. The van der Waals surface area contributed by atoms with Gasteiger partial charge in [-0.2, -0.15) is 5.26 Å². The zero-order valence-corrected chi connectivity index (χ0v) is 57.8. The first-order chi connectivity index (χ1) is 44.7. The highest BCUT2D eigenvalue weighted by Crippen LogP contribution is 2.40. The van der Waals surface area contributed by atoms with Gasteiger partial charge in [0.2, 0.25) is 0 Å². The lowest BCUT2D eigenvalue weighted by molar-refractivity contribution is -0.385. The predicted octanol–water partition coefficient (Wildman–Crippen LogP) is 23.0. The third kappa shape index (κ3) is 14.2. The van der Waals surface area contributed by atoms with Gasteiger partial charge in [-0.1, -0.05) is 109 Å². The Bertz CT molecular complexity index is 5110. The summed E-state index contributed by atoms with van der Waals surface area (Å²) < 4.78 is 6.24. The standard InChI is InChI=1S/C16H14N2O2S.C16H12N2S.C15H12N2O2S.C15H13NS.C13H11NS2/c1-9-4-5-10(2)15-14(9)17-16(21-15)12-6-7-13(18(19)20)11(3)8-12;1-10-3-4-11(2)15-14(10)18-16(19-15)13-7-5-12(9-17)6-8-13;1-9-3-4-10(2)14-13(9)16-15(20-14)11-5-7-12(8-6-11)17(18)19;1-10-8-9-11(2)14-13(10)16-15(17-14)12-6-4-3-5-7-12;1-8-5-6-9(2)12-11(8)14-13(16-12)10-4-3-7-15-10/h4-8H,1-3H3;3-8H,1-2H3;3-8H,1-2H3;3-9H,1-2H3;3-7H,1-2H3. The minimum absolute atomic E-state index is 0.0993. The summed E-state index contributed by atoms with van der Waals surface area (Å²) in [4.78, 5) is 45.7. The minimum Gasteiger partial charge on any atom is -0.258 e. The third-order valence-corrected chi connectivity index (χ3v) is 22.9. The summed E-state index contributed by atoms with van der Waals surface area (Å²) in [5.41, 5.74) is 23.4. The number of hydrogen-bond donors (Lipinski definition) is 0. The lowest BCUT2D eigenvalue weighted by Crippen LogP contribution is -1.91. The molecule has 0 saturated carbocycles. The van der Waals surface area contributed by atoms with Crippen molar-refractivity contribution in [3.8, 4) is 58.2 Å². The highest BCUT2D eigenvalue weighted by Gasteiger charge is 2.18. The number of fused-ring (bicyclic) bond motifs is 5. The van der Waals surface area contributed by atoms with Crippen molar-refractivity contribution in [1.82, 2.24) is 24.9 Å². The maximum atomic E-state index is 10.9. The molecule has 0 spiro atoms. The Balaban J connectivity index is 0.000000119. The molecule has 0 amide bonds. The van der Waals surface area contributed by atoms with E-state index < -0.39 is 4.92 Å². The second kappa shape index (κ2) is 28.1. The van der Waals surface area contributed by atoms with Gasteiger partial charge in [0.15, 0.2) is 0 Å². The molecule has 0 unspecified atom stereocenters. The van der Waals surface area contributed by atoms with E-state index in [1.807, 2.05) is 50.2 Å². The molecule has 93 heavy (non-hydrogen) atoms. The molecule has 6 heterocycles. The normalized spacial score (nSPS) is 10.9. The van der Waals surface area contributed by atoms with Crippen molar-refractivity contribution in [3.05, 3.63) is 262 Å². The van der Waals surface area contributed by atoms with Gasteiger partial charge in [0.1, 0.15) is 25.0 Å². The van der Waals surface area contributed by atoms with E-state index in [0.717, 1.165) is 80.4 Å². The number of nitro groups is 2. The molecule has 0 bridgehead atoms. The van der Waals surface area contributed by atoms with E-state index in [1.54, 1.807) is 99.2 Å². The number of aryl methyl sites for hydroxylation is 11. The van der Waals surface area contributed by atoms with Gasteiger partial charge in [0, 0.05) is 46.0 Å². The number of rotatable bonds is 7. The number of thiazole rings is 5. The number of hydrogen-bond acceptors (Lipinski definition) is 16. The van der Waals surface area contributed by atoms with Gasteiger partial charge in [0.05, 0.1) is 77.4 Å². The van der Waals surface area contributed by atoms with Crippen LogP contribution in [-0.2, 0) is 0 Å². The predicted molar refractivity (Wildman–Crippen MR) is 393 cm³/mol. The number of nitro benzene ring substituents is 2. The zero-order valence-electron chi connectivity index (χ0n) is 52.9. The van der Waals surface area contributed by atoms with Gasteiger partial charge in [-0.05, 0) is 180 Å². The number of non-ortho nitro benzene ring substituents is 1. The first-order valence-corrected chi connectivity index (χ1v) is 34.6. The summed E-state index contributed by atoms with van der Waals surface area (Å²) in [6, 6.07) is 57.2. The minimum atomic E-state index is -0.392. The molecule has 15 aromatic rings. The maximum absolute atomic E-state index is 10.9. The van der Waals surface area contributed by atoms with Crippen molar-refractivity contribution in [2.75, 3.05) is 0 Å². The molecule has 0 aliphatic carbocycles. The Morgan fingerprint density at radius 2 is 0.677 bits per heavy atom. The topological polar surface area (TPSA) is 175 Å². The molecule has 15 rings (SSSR count). The van der Waals surface area contributed by atoms with Gasteiger partial charge in [-0.3, -0.25) is 20.2 Å². The molecule has 0 saturated heterocycles. The fourth-order valence-corrected chi connectivity index (χ4v) is 16.6. The van der Waals surface area contributed by atoms with Crippen molar-refractivity contribution in [2.24, 2.45) is 0 Å². The van der Waals surface area contributed by atoms with Crippen LogP contribution in [0.2, 0.25) is 0 Å². The van der Waals surface area contributed by atoms with Crippen LogP contribution < -0.4 is 0 Å². The molecule has 0 aliphatic rings. The molecule has 18 heteroatoms. The Morgan fingerprint density at radius 3 is 1.01 bits per heavy atom. The summed E-state index contributed by atoms with van der Waals surface area (Å²) in [5, 5.41) is 37.5. The maximum Gasteiger partial charge on any atom is 0.272 e. The van der Waals surface area contributed by atoms with Gasteiger partial charge >= 0.3 is 0 Å². The number of benzene rings is 9. The summed E-state index contributed by atoms with van der Waals surface area (Å²) in [7, 11) is 0. The molecule has 0 radical (unpaired) electrons. The van der Waals surface area contributed by atoms with Gasteiger partial charge in [0.25, 0.3) is 11.4 Å². The number of nitrogens with zero attached hydrogens (tertiary/aromatic N) is 8. The lowest BCUT2D eigenvalue weighted by atomic mass is 10.1. The SMILES string of the molecule is Cc1cc(-c2nc3c(C)ccc(C)c3s2)ccc1[N+](=O)[O-].Cc1ccc(C)c2sc(-c3ccc(C#N)cc3)nc12.Cc1ccc(C)c2sc(-c3ccc([N+](=O)[O-])cc3)nc12.Cc1ccc(C)c2sc(-c3ccccc3)nc12.Cc1ccc(C)c2sc(-c3cccs3)nc12. The molecular formula is C75H62N8O4S6. The highest BCUT2D eigenvalue weighted by atomic mass is 32.1. The van der Waals surface area contributed by atoms with E-state index in [1.165, 1.54) is 90.6 Å². The van der Waals surface area contributed by atoms with Crippen LogP contribution in [0, 0.1) is 108 Å². The van der Waals surface area contributed by atoms with Crippen molar-refractivity contribution in [3.63, 3.8) is 0 Å². The monoisotopic (exact) mass is 1330 g/mol. The fraction of sp³-hybridized carbons (Fsp3) is 0.147. The first kappa shape index (κ1) is 64.9. The van der Waals surface area contributed by atoms with Crippen LogP contribution >= 0.6 is 68.0 Å². The van der Waals surface area contributed by atoms with Gasteiger partial charge in [-0.25, -0.2) is 24.9 Å². The van der Waals surface area contributed by atoms with E-state index in [-0.39, 0.29) is 16.3 Å². The van der Waals surface area contributed by atoms with Crippen LogP contribution in [0.25, 0.3) is 103 Å². The van der Waals surface area contributed by atoms with Gasteiger partial charge < -0.3 is 0 Å². The molecule has 6 aromatic heterocycles. The molecule has 0 aliphatic heterocycles. The molecular weight excluding hydrogens is 1270 g/mol. The van der Waals surface area contributed by atoms with E-state index in [9.17, 15) is 20.2 Å². The summed E-state index contributed by atoms with van der Waals surface area (Å²) in [6.45, 7) is 22.7. The van der Waals surface area contributed by atoms with E-state index >= 15 is 0 Å². The van der Waals surface area contributed by atoms with E-state index in [4.69, 9.17) is 25.2 Å².